The van der Waals surface area contributed by atoms with Crippen molar-refractivity contribution in [1.29, 1.82) is 0 Å². The first-order chi connectivity index (χ1) is 13.9. The van der Waals surface area contributed by atoms with Gasteiger partial charge in [0, 0.05) is 25.2 Å². The first-order valence-corrected chi connectivity index (χ1v) is 10.3. The molecular formula is C22H28F2N4O. The molecule has 1 saturated heterocycles. The minimum Gasteiger partial charge on any atom is -0.367 e. The zero-order valence-corrected chi connectivity index (χ0v) is 16.9. The third-order valence-corrected chi connectivity index (χ3v) is 6.15. The van der Waals surface area contributed by atoms with Crippen LogP contribution in [0.4, 0.5) is 14.6 Å². The number of hydrogen-bond donors (Lipinski definition) is 1. The van der Waals surface area contributed by atoms with Crippen molar-refractivity contribution in [3.63, 3.8) is 0 Å². The van der Waals surface area contributed by atoms with Crippen LogP contribution in [0.5, 0.6) is 0 Å². The summed E-state index contributed by atoms with van der Waals surface area (Å²) in [6.45, 7) is 5.20. The molecule has 156 valence electrons. The highest BCUT2D eigenvalue weighted by Crippen LogP contribution is 2.36. The van der Waals surface area contributed by atoms with Gasteiger partial charge in [-0.2, -0.15) is 5.10 Å². The summed E-state index contributed by atoms with van der Waals surface area (Å²) in [6, 6.07) is 8.86. The number of nitrogens with one attached hydrogen (secondary N) is 1. The van der Waals surface area contributed by atoms with E-state index in [2.05, 4.69) is 10.4 Å². The fourth-order valence-corrected chi connectivity index (χ4v) is 4.56. The third-order valence-electron chi connectivity index (χ3n) is 6.15. The van der Waals surface area contributed by atoms with Crippen molar-refractivity contribution < 1.29 is 13.6 Å². The van der Waals surface area contributed by atoms with Gasteiger partial charge in [-0.05, 0) is 44.6 Å². The molecule has 1 amide bonds. The Labute approximate surface area is 170 Å². The van der Waals surface area contributed by atoms with Crippen LogP contribution in [0, 0.1) is 19.8 Å². The van der Waals surface area contributed by atoms with E-state index < -0.39 is 12.5 Å². The summed E-state index contributed by atoms with van der Waals surface area (Å²) in [5.74, 6) is 0.934. The molecule has 1 fully saturated rings. The average Bonchev–Trinajstić information content (AvgIpc) is 3.09. The number of amides is 1. The van der Waals surface area contributed by atoms with Crippen molar-refractivity contribution in [3.8, 4) is 0 Å². The van der Waals surface area contributed by atoms with E-state index in [-0.39, 0.29) is 17.9 Å². The molecule has 2 aliphatic heterocycles. The fraction of sp³-hybridized carbons (Fsp3) is 0.545. The predicted octanol–water partition coefficient (Wildman–Crippen LogP) is 3.97. The first-order valence-electron chi connectivity index (χ1n) is 10.3. The van der Waals surface area contributed by atoms with Gasteiger partial charge in [0.25, 0.3) is 6.43 Å². The van der Waals surface area contributed by atoms with E-state index in [1.165, 1.54) is 10.2 Å². The Morgan fingerprint density at radius 2 is 2.03 bits per heavy atom. The lowest BCUT2D eigenvalue weighted by atomic mass is 9.85. The zero-order chi connectivity index (χ0) is 20.5. The van der Waals surface area contributed by atoms with Crippen molar-refractivity contribution in [2.75, 3.05) is 18.4 Å². The quantitative estimate of drug-likeness (QED) is 0.842. The Hall–Kier alpha value is -2.44. The van der Waals surface area contributed by atoms with Gasteiger partial charge in [0.1, 0.15) is 11.9 Å². The number of alkyl halides is 2. The van der Waals surface area contributed by atoms with Crippen LogP contribution in [-0.4, -0.2) is 46.1 Å². The minimum atomic E-state index is -2.46. The van der Waals surface area contributed by atoms with E-state index in [0.29, 0.717) is 25.2 Å². The minimum absolute atomic E-state index is 0.0763. The number of halogens is 2. The van der Waals surface area contributed by atoms with Crippen LogP contribution < -0.4 is 5.32 Å². The maximum absolute atomic E-state index is 13.7. The van der Waals surface area contributed by atoms with Crippen LogP contribution in [-0.2, 0) is 11.2 Å². The number of anilines is 1. The lowest BCUT2D eigenvalue weighted by Gasteiger charge is -2.41. The van der Waals surface area contributed by atoms with Gasteiger partial charge in [0.15, 0.2) is 0 Å². The summed E-state index contributed by atoms with van der Waals surface area (Å²) in [5, 5.41) is 7.66. The standard InChI is InChI=1S/C22H28F2N4O/c1-14-5-7-16(8-6-14)11-21(29)27-9-3-4-17(13-27)18-12-19(22(23)24)28-20(25-18)10-15(2)26-28/h5-8,10,17-19,22,25H,3-4,9,11-13H2,1-2H3/t17?,18-,19+/m0/s1. The van der Waals surface area contributed by atoms with Gasteiger partial charge in [-0.25, -0.2) is 13.5 Å². The third kappa shape index (κ3) is 4.28. The normalized spacial score (nSPS) is 24.3. The second-order valence-corrected chi connectivity index (χ2v) is 8.41. The summed E-state index contributed by atoms with van der Waals surface area (Å²) < 4.78 is 28.8. The molecule has 29 heavy (non-hydrogen) atoms. The molecule has 7 heteroatoms. The van der Waals surface area contributed by atoms with E-state index >= 15 is 0 Å². The molecule has 0 radical (unpaired) electrons. The highest BCUT2D eigenvalue weighted by atomic mass is 19.3. The number of carbonyl (C=O) groups is 1. The highest BCUT2D eigenvalue weighted by molar-refractivity contribution is 5.78. The number of fused-ring (bicyclic) bond motifs is 1. The van der Waals surface area contributed by atoms with E-state index in [1.807, 2.05) is 49.1 Å². The van der Waals surface area contributed by atoms with E-state index in [1.54, 1.807) is 0 Å². The number of aromatic nitrogens is 2. The molecule has 3 heterocycles. The Bertz CT molecular complexity index is 864. The first kappa shape index (κ1) is 19.9. The summed E-state index contributed by atoms with van der Waals surface area (Å²) in [6.07, 6.45) is 0.100. The van der Waals surface area contributed by atoms with Crippen LogP contribution in [0.25, 0.3) is 0 Å². The van der Waals surface area contributed by atoms with Gasteiger partial charge in [-0.1, -0.05) is 29.8 Å². The van der Waals surface area contributed by atoms with Gasteiger partial charge in [-0.3, -0.25) is 4.79 Å². The van der Waals surface area contributed by atoms with Crippen molar-refractivity contribution in [3.05, 3.63) is 47.2 Å². The molecule has 0 saturated carbocycles. The Morgan fingerprint density at radius 1 is 1.28 bits per heavy atom. The van der Waals surface area contributed by atoms with Crippen LogP contribution in [0.15, 0.2) is 30.3 Å². The second kappa shape index (κ2) is 8.13. The maximum Gasteiger partial charge on any atom is 0.260 e. The topological polar surface area (TPSA) is 50.2 Å². The van der Waals surface area contributed by atoms with Gasteiger partial charge < -0.3 is 10.2 Å². The molecule has 5 nitrogen and oxygen atoms in total. The van der Waals surface area contributed by atoms with Crippen molar-refractivity contribution in [2.24, 2.45) is 5.92 Å². The van der Waals surface area contributed by atoms with Crippen LogP contribution in [0.2, 0.25) is 0 Å². The van der Waals surface area contributed by atoms with E-state index in [0.717, 1.165) is 30.6 Å². The van der Waals surface area contributed by atoms with Gasteiger partial charge in [0.2, 0.25) is 5.91 Å². The molecule has 1 N–H and O–H groups in total. The molecular weight excluding hydrogens is 374 g/mol. The van der Waals surface area contributed by atoms with Crippen molar-refractivity contribution in [2.45, 2.75) is 58.0 Å². The smallest absolute Gasteiger partial charge is 0.260 e. The van der Waals surface area contributed by atoms with Crippen molar-refractivity contribution >= 4 is 11.7 Å². The molecule has 2 aromatic rings. The number of piperidine rings is 1. The monoisotopic (exact) mass is 402 g/mol. The largest absolute Gasteiger partial charge is 0.367 e. The second-order valence-electron chi connectivity index (χ2n) is 8.41. The summed E-state index contributed by atoms with van der Waals surface area (Å²) in [4.78, 5) is 14.7. The Kier molecular flexibility index (Phi) is 5.56. The number of likely N-dealkylation sites (tertiary alicyclic amines) is 1. The van der Waals surface area contributed by atoms with Crippen molar-refractivity contribution in [1.82, 2.24) is 14.7 Å². The fourth-order valence-electron chi connectivity index (χ4n) is 4.56. The average molecular weight is 402 g/mol. The molecule has 3 atom stereocenters. The highest BCUT2D eigenvalue weighted by Gasteiger charge is 2.38. The summed E-state index contributed by atoms with van der Waals surface area (Å²) >= 11 is 0. The lowest BCUT2D eigenvalue weighted by molar-refractivity contribution is -0.132. The number of aryl methyl sites for hydroxylation is 2. The number of hydrogen-bond acceptors (Lipinski definition) is 3. The molecule has 1 unspecified atom stereocenters. The van der Waals surface area contributed by atoms with Gasteiger partial charge in [-0.15, -0.1) is 0 Å². The van der Waals surface area contributed by atoms with Gasteiger partial charge in [0.05, 0.1) is 12.1 Å². The zero-order valence-electron chi connectivity index (χ0n) is 16.9. The molecule has 0 bridgehead atoms. The number of carbonyl (C=O) groups excluding carboxylic acids is 1. The molecule has 0 aliphatic carbocycles. The van der Waals surface area contributed by atoms with Crippen LogP contribution >= 0.6 is 0 Å². The predicted molar refractivity (Wildman–Crippen MR) is 108 cm³/mol. The van der Waals surface area contributed by atoms with Crippen LogP contribution in [0.1, 0.15) is 42.1 Å². The molecule has 1 aromatic carbocycles. The molecule has 2 aliphatic rings. The summed E-state index contributed by atoms with van der Waals surface area (Å²) in [7, 11) is 0. The molecule has 1 aromatic heterocycles. The summed E-state index contributed by atoms with van der Waals surface area (Å²) in [5.41, 5.74) is 2.92. The van der Waals surface area contributed by atoms with E-state index in [9.17, 15) is 13.6 Å². The number of nitrogens with zero attached hydrogens (tertiary/aromatic N) is 3. The Balaban J connectivity index is 1.44. The maximum atomic E-state index is 13.7. The lowest BCUT2D eigenvalue weighted by Crippen LogP contribution is -2.48. The number of rotatable bonds is 4. The number of benzene rings is 1. The Morgan fingerprint density at radius 3 is 2.76 bits per heavy atom. The SMILES string of the molecule is Cc1ccc(CC(=O)N2CCCC([C@@H]3C[C@H](C(F)F)n4nc(C)cc4N3)C2)cc1. The molecule has 0 spiro atoms. The van der Waals surface area contributed by atoms with E-state index in [4.69, 9.17) is 0 Å². The molecule has 4 rings (SSSR count). The van der Waals surface area contributed by atoms with Gasteiger partial charge >= 0.3 is 0 Å². The van der Waals surface area contributed by atoms with Crippen LogP contribution in [0.3, 0.4) is 0 Å².